The van der Waals surface area contributed by atoms with E-state index in [2.05, 4.69) is 63.0 Å². The molecule has 0 saturated carbocycles. The van der Waals surface area contributed by atoms with Gasteiger partial charge in [0.15, 0.2) is 0 Å². The summed E-state index contributed by atoms with van der Waals surface area (Å²) >= 11 is 2.06. The van der Waals surface area contributed by atoms with Crippen molar-refractivity contribution in [1.29, 1.82) is 0 Å². The highest BCUT2D eigenvalue weighted by atomic mass is 32.2. The van der Waals surface area contributed by atoms with Gasteiger partial charge < -0.3 is 0 Å². The van der Waals surface area contributed by atoms with Crippen molar-refractivity contribution < 1.29 is 0 Å². The number of benzene rings is 1. The molecule has 0 fully saturated rings. The fourth-order valence-electron chi connectivity index (χ4n) is 3.46. The molecule has 1 aromatic carbocycles. The van der Waals surface area contributed by atoms with Crippen molar-refractivity contribution in [2.75, 3.05) is 6.26 Å². The number of hydrogen-bond donors (Lipinski definition) is 0. The van der Waals surface area contributed by atoms with Crippen molar-refractivity contribution in [3.05, 3.63) is 35.4 Å². The molecule has 0 amide bonds. The van der Waals surface area contributed by atoms with E-state index in [1.807, 2.05) is 0 Å². The summed E-state index contributed by atoms with van der Waals surface area (Å²) in [6.07, 6.45) is 4.88. The van der Waals surface area contributed by atoms with Gasteiger partial charge in [0.05, 0.1) is 0 Å². The van der Waals surface area contributed by atoms with Crippen LogP contribution >= 0.6 is 11.8 Å². The molecule has 0 heterocycles. The van der Waals surface area contributed by atoms with Crippen LogP contribution in [0.2, 0.25) is 13.1 Å². The molecule has 0 bridgehead atoms. The van der Waals surface area contributed by atoms with Gasteiger partial charge in [-0.2, -0.15) is 11.8 Å². The van der Waals surface area contributed by atoms with Gasteiger partial charge in [0.25, 0.3) is 0 Å². The summed E-state index contributed by atoms with van der Waals surface area (Å²) in [7, 11) is 1.30. The molecule has 1 aromatic rings. The minimum atomic E-state index is 0.332. The minimum absolute atomic E-state index is 0.332. The second-order valence-electron chi connectivity index (χ2n) is 5.75. The second-order valence-corrected chi connectivity index (χ2v) is 6.83. The van der Waals surface area contributed by atoms with E-state index in [0.717, 1.165) is 11.2 Å². The lowest BCUT2D eigenvalue weighted by atomic mass is 9.57. The van der Waals surface area contributed by atoms with Gasteiger partial charge >= 0.3 is 0 Å². The molecule has 2 heteroatoms. The maximum atomic E-state index is 2.44. The SMILES string of the molecule is CBCC1C(SC)Cc2ccccc2C1(C)C. The smallest absolute Gasteiger partial charge is 0.117 e. The Morgan fingerprint density at radius 2 is 2.06 bits per heavy atom. The van der Waals surface area contributed by atoms with Crippen LogP contribution in [0.25, 0.3) is 0 Å². The summed E-state index contributed by atoms with van der Waals surface area (Å²) < 4.78 is 0. The fourth-order valence-corrected chi connectivity index (χ4v) is 4.61. The molecule has 92 valence electrons. The van der Waals surface area contributed by atoms with Crippen LogP contribution in [0.4, 0.5) is 0 Å². The van der Waals surface area contributed by atoms with Crippen LogP contribution in [0.15, 0.2) is 24.3 Å². The van der Waals surface area contributed by atoms with E-state index in [1.54, 1.807) is 11.1 Å². The number of thioether (sulfide) groups is 1. The van der Waals surface area contributed by atoms with Gasteiger partial charge in [0.2, 0.25) is 0 Å². The minimum Gasteiger partial charge on any atom is -0.161 e. The molecule has 0 N–H and O–H groups in total. The standard InChI is InChI=1S/C15H23BS/c1-15(2)12-8-6-5-7-11(12)9-14(17-4)13(15)10-16-3/h5-8,13-14,16H,9-10H2,1-4H3. The Morgan fingerprint density at radius 3 is 2.71 bits per heavy atom. The molecule has 0 spiro atoms. The zero-order valence-corrected chi connectivity index (χ0v) is 12.3. The molecule has 0 aliphatic heterocycles. The summed E-state index contributed by atoms with van der Waals surface area (Å²) in [5.74, 6) is 0.817. The van der Waals surface area contributed by atoms with Gasteiger partial charge in [0, 0.05) is 5.25 Å². The maximum absolute atomic E-state index is 2.44. The zero-order chi connectivity index (χ0) is 12.5. The van der Waals surface area contributed by atoms with Crippen molar-refractivity contribution in [3.63, 3.8) is 0 Å². The summed E-state index contributed by atoms with van der Waals surface area (Å²) in [6.45, 7) is 7.19. The summed E-state index contributed by atoms with van der Waals surface area (Å²) in [5.41, 5.74) is 3.49. The van der Waals surface area contributed by atoms with Crippen LogP contribution in [0.5, 0.6) is 0 Å². The predicted molar refractivity (Wildman–Crippen MR) is 81.8 cm³/mol. The Morgan fingerprint density at radius 1 is 1.35 bits per heavy atom. The van der Waals surface area contributed by atoms with E-state index in [4.69, 9.17) is 0 Å². The van der Waals surface area contributed by atoms with Crippen LogP contribution < -0.4 is 0 Å². The molecule has 2 unspecified atom stereocenters. The molecule has 2 rings (SSSR count). The lowest BCUT2D eigenvalue weighted by molar-refractivity contribution is 0.311. The first-order valence-electron chi connectivity index (χ1n) is 6.72. The van der Waals surface area contributed by atoms with Gasteiger partial charge in [-0.05, 0) is 35.1 Å². The third-order valence-electron chi connectivity index (χ3n) is 4.41. The quantitative estimate of drug-likeness (QED) is 0.731. The highest BCUT2D eigenvalue weighted by molar-refractivity contribution is 7.99. The normalized spacial score (nSPS) is 26.4. The molecule has 17 heavy (non-hydrogen) atoms. The van der Waals surface area contributed by atoms with E-state index >= 15 is 0 Å². The van der Waals surface area contributed by atoms with Crippen LogP contribution in [0, 0.1) is 5.92 Å². The van der Waals surface area contributed by atoms with E-state index in [0.29, 0.717) is 5.41 Å². The molecule has 1 aliphatic carbocycles. The topological polar surface area (TPSA) is 0 Å². The molecule has 2 atom stereocenters. The monoisotopic (exact) mass is 246 g/mol. The molecule has 1 aliphatic rings. The highest BCUT2D eigenvalue weighted by Gasteiger charge is 2.40. The Kier molecular flexibility index (Phi) is 3.92. The van der Waals surface area contributed by atoms with E-state index < -0.39 is 0 Å². The van der Waals surface area contributed by atoms with Gasteiger partial charge in [-0.1, -0.05) is 51.3 Å². The van der Waals surface area contributed by atoms with E-state index in [1.165, 1.54) is 20.0 Å². The van der Waals surface area contributed by atoms with Crippen molar-refractivity contribution in [1.82, 2.24) is 0 Å². The Hall–Kier alpha value is -0.365. The van der Waals surface area contributed by atoms with Gasteiger partial charge in [-0.3, -0.25) is 0 Å². The van der Waals surface area contributed by atoms with Crippen molar-refractivity contribution in [2.45, 2.75) is 44.1 Å². The summed E-state index contributed by atoms with van der Waals surface area (Å²) in [6, 6.07) is 9.05. The number of fused-ring (bicyclic) bond motifs is 1. The van der Waals surface area contributed by atoms with Crippen molar-refractivity contribution >= 4 is 19.0 Å². The third kappa shape index (κ3) is 2.29. The average molecular weight is 246 g/mol. The molecular weight excluding hydrogens is 223 g/mol. The molecule has 0 aromatic heterocycles. The Bertz CT molecular complexity index is 386. The number of rotatable bonds is 3. The molecule has 0 nitrogen and oxygen atoms in total. The Labute approximate surface area is 111 Å². The third-order valence-corrected chi connectivity index (χ3v) is 5.51. The van der Waals surface area contributed by atoms with Crippen molar-refractivity contribution in [2.24, 2.45) is 5.92 Å². The van der Waals surface area contributed by atoms with Gasteiger partial charge in [0.1, 0.15) is 7.28 Å². The molecule has 0 saturated heterocycles. The van der Waals surface area contributed by atoms with Crippen LogP contribution in [-0.4, -0.2) is 18.8 Å². The van der Waals surface area contributed by atoms with E-state index in [9.17, 15) is 0 Å². The predicted octanol–water partition coefficient (Wildman–Crippen LogP) is 3.77. The van der Waals surface area contributed by atoms with Crippen LogP contribution in [0.3, 0.4) is 0 Å². The first-order valence-corrected chi connectivity index (χ1v) is 8.01. The van der Waals surface area contributed by atoms with Crippen molar-refractivity contribution in [3.8, 4) is 0 Å². The second kappa shape index (κ2) is 5.10. The lowest BCUT2D eigenvalue weighted by Gasteiger charge is -2.45. The Balaban J connectivity index is 2.43. The summed E-state index contributed by atoms with van der Waals surface area (Å²) in [4.78, 5) is 0. The lowest BCUT2D eigenvalue weighted by Crippen LogP contribution is -2.42. The van der Waals surface area contributed by atoms with E-state index in [-0.39, 0.29) is 0 Å². The van der Waals surface area contributed by atoms with Crippen LogP contribution in [-0.2, 0) is 11.8 Å². The van der Waals surface area contributed by atoms with Gasteiger partial charge in [-0.25, -0.2) is 0 Å². The zero-order valence-electron chi connectivity index (χ0n) is 11.5. The largest absolute Gasteiger partial charge is 0.161 e. The maximum Gasteiger partial charge on any atom is 0.117 e. The average Bonchev–Trinajstić information content (AvgIpc) is 2.33. The summed E-state index contributed by atoms with van der Waals surface area (Å²) in [5, 5.41) is 0.792. The highest BCUT2D eigenvalue weighted by Crippen LogP contribution is 2.46. The van der Waals surface area contributed by atoms with Crippen LogP contribution in [0.1, 0.15) is 25.0 Å². The first-order chi connectivity index (χ1) is 8.11. The first kappa shape index (κ1) is 13.1. The molecular formula is C15H23BS. The molecule has 0 radical (unpaired) electrons. The fraction of sp³-hybridized carbons (Fsp3) is 0.600. The number of hydrogen-bond acceptors (Lipinski definition) is 1. The van der Waals surface area contributed by atoms with Gasteiger partial charge in [-0.15, -0.1) is 0 Å².